The van der Waals surface area contributed by atoms with Gasteiger partial charge in [-0.15, -0.1) is 0 Å². The van der Waals surface area contributed by atoms with E-state index in [1.54, 1.807) is 36.5 Å². The van der Waals surface area contributed by atoms with Crippen LogP contribution in [0.15, 0.2) is 83.4 Å². The molecular formula is C23H16N4O3. The minimum Gasteiger partial charge on any atom is -0.456 e. The summed E-state index contributed by atoms with van der Waals surface area (Å²) >= 11 is 0. The molecule has 0 aliphatic rings. The molecule has 5 rings (SSSR count). The van der Waals surface area contributed by atoms with Gasteiger partial charge in [0.05, 0.1) is 11.1 Å². The van der Waals surface area contributed by atoms with E-state index in [0.29, 0.717) is 22.2 Å². The van der Waals surface area contributed by atoms with Gasteiger partial charge in [0.1, 0.15) is 11.2 Å². The molecule has 0 saturated carbocycles. The number of hydrogen-bond acceptors (Lipinski definition) is 4. The van der Waals surface area contributed by atoms with Crippen LogP contribution in [0.3, 0.4) is 0 Å². The Labute approximate surface area is 170 Å². The average molecular weight is 396 g/mol. The molecular weight excluding hydrogens is 380 g/mol. The van der Waals surface area contributed by atoms with Gasteiger partial charge in [0.25, 0.3) is 5.91 Å². The van der Waals surface area contributed by atoms with Crippen LogP contribution in [-0.4, -0.2) is 16.9 Å². The highest BCUT2D eigenvalue weighted by molar-refractivity contribution is 6.08. The monoisotopic (exact) mass is 396 g/mol. The fourth-order valence-corrected chi connectivity index (χ4v) is 3.45. The first-order valence-corrected chi connectivity index (χ1v) is 9.31. The van der Waals surface area contributed by atoms with E-state index in [2.05, 4.69) is 21.2 Å². The van der Waals surface area contributed by atoms with Gasteiger partial charge in [-0.1, -0.05) is 30.3 Å². The number of urea groups is 1. The minimum atomic E-state index is -0.561. The zero-order chi connectivity index (χ0) is 20.5. The number of amides is 3. The highest BCUT2D eigenvalue weighted by Gasteiger charge is 2.12. The van der Waals surface area contributed by atoms with Crippen molar-refractivity contribution < 1.29 is 14.0 Å². The van der Waals surface area contributed by atoms with Gasteiger partial charge in [-0.2, -0.15) is 0 Å². The predicted molar refractivity (Wildman–Crippen MR) is 115 cm³/mol. The van der Waals surface area contributed by atoms with E-state index < -0.39 is 11.9 Å². The molecule has 7 nitrogen and oxygen atoms in total. The zero-order valence-electron chi connectivity index (χ0n) is 15.7. The second kappa shape index (κ2) is 7.21. The predicted octanol–water partition coefficient (Wildman–Crippen LogP) is 4.60. The lowest BCUT2D eigenvalue weighted by Gasteiger charge is -2.10. The number of anilines is 1. The number of hydrazine groups is 1. The summed E-state index contributed by atoms with van der Waals surface area (Å²) in [5.41, 5.74) is 8.03. The lowest BCUT2D eigenvalue weighted by atomic mass is 10.1. The Morgan fingerprint density at radius 1 is 0.767 bits per heavy atom. The Kier molecular flexibility index (Phi) is 4.25. The third kappa shape index (κ3) is 3.18. The van der Waals surface area contributed by atoms with Gasteiger partial charge in [0, 0.05) is 28.0 Å². The summed E-state index contributed by atoms with van der Waals surface area (Å²) < 4.78 is 5.79. The summed E-state index contributed by atoms with van der Waals surface area (Å²) in [5.74, 6) is -0.431. The van der Waals surface area contributed by atoms with Crippen molar-refractivity contribution in [3.05, 3.63) is 84.6 Å². The van der Waals surface area contributed by atoms with Crippen molar-refractivity contribution in [2.45, 2.75) is 0 Å². The Bertz CT molecular complexity index is 1420. The summed E-state index contributed by atoms with van der Waals surface area (Å²) in [7, 11) is 0. The SMILES string of the molecule is O=C(NNC(=O)c1cccc2ncccc12)Nc1ccc2oc3ccccc3c2c1. The molecule has 0 bridgehead atoms. The van der Waals surface area contributed by atoms with E-state index in [9.17, 15) is 9.59 Å². The second-order valence-corrected chi connectivity index (χ2v) is 6.72. The van der Waals surface area contributed by atoms with E-state index in [1.807, 2.05) is 42.5 Å². The van der Waals surface area contributed by atoms with Gasteiger partial charge in [-0.3, -0.25) is 15.2 Å². The summed E-state index contributed by atoms with van der Waals surface area (Å²) in [6.45, 7) is 0. The molecule has 30 heavy (non-hydrogen) atoms. The molecule has 5 aromatic rings. The quantitative estimate of drug-likeness (QED) is 0.380. The van der Waals surface area contributed by atoms with E-state index >= 15 is 0 Å². The van der Waals surface area contributed by atoms with Crippen molar-refractivity contribution in [2.75, 3.05) is 5.32 Å². The van der Waals surface area contributed by atoms with Crippen LogP contribution in [0.4, 0.5) is 10.5 Å². The first-order valence-electron chi connectivity index (χ1n) is 9.31. The molecule has 0 spiro atoms. The van der Waals surface area contributed by atoms with Gasteiger partial charge in [0.2, 0.25) is 0 Å². The van der Waals surface area contributed by atoms with E-state index in [1.165, 1.54) is 0 Å². The number of fused-ring (bicyclic) bond motifs is 4. The fraction of sp³-hybridized carbons (Fsp3) is 0. The first-order chi connectivity index (χ1) is 14.7. The van der Waals surface area contributed by atoms with Crippen molar-refractivity contribution >= 4 is 50.5 Å². The van der Waals surface area contributed by atoms with Crippen LogP contribution < -0.4 is 16.2 Å². The van der Waals surface area contributed by atoms with Crippen molar-refractivity contribution in [1.29, 1.82) is 0 Å². The normalized spacial score (nSPS) is 10.9. The van der Waals surface area contributed by atoms with Gasteiger partial charge >= 0.3 is 6.03 Å². The van der Waals surface area contributed by atoms with Crippen LogP contribution in [0, 0.1) is 0 Å². The maximum absolute atomic E-state index is 12.5. The molecule has 3 N–H and O–H groups in total. The molecule has 0 atom stereocenters. The van der Waals surface area contributed by atoms with Crippen LogP contribution in [-0.2, 0) is 0 Å². The number of hydrogen-bond donors (Lipinski definition) is 3. The zero-order valence-corrected chi connectivity index (χ0v) is 15.7. The van der Waals surface area contributed by atoms with Crippen molar-refractivity contribution in [3.8, 4) is 0 Å². The number of carbonyl (C=O) groups excluding carboxylic acids is 2. The van der Waals surface area contributed by atoms with Crippen LogP contribution >= 0.6 is 0 Å². The molecule has 0 aliphatic heterocycles. The second-order valence-electron chi connectivity index (χ2n) is 6.72. The van der Waals surface area contributed by atoms with Gasteiger partial charge in [0.15, 0.2) is 0 Å². The summed E-state index contributed by atoms with van der Waals surface area (Å²) in [6.07, 6.45) is 1.66. The topological polar surface area (TPSA) is 96.3 Å². The number of para-hydroxylation sites is 1. The number of carbonyl (C=O) groups is 2. The van der Waals surface area contributed by atoms with Crippen LogP contribution in [0.25, 0.3) is 32.8 Å². The molecule has 0 aliphatic carbocycles. The number of nitrogens with zero attached hydrogens (tertiary/aromatic N) is 1. The third-order valence-corrected chi connectivity index (χ3v) is 4.81. The van der Waals surface area contributed by atoms with Crippen LogP contribution in [0.1, 0.15) is 10.4 Å². The van der Waals surface area contributed by atoms with E-state index in [-0.39, 0.29) is 0 Å². The lowest BCUT2D eigenvalue weighted by Crippen LogP contribution is -2.43. The van der Waals surface area contributed by atoms with Gasteiger partial charge < -0.3 is 9.73 Å². The standard InChI is InChI=1S/C23H16N4O3/c28-22(17-6-3-8-19-15(17)7-4-12-24-19)26-27-23(29)25-14-10-11-21-18(13-14)16-5-1-2-9-20(16)30-21/h1-13H,(H,26,28)(H2,25,27,29). The van der Waals surface area contributed by atoms with Crippen molar-refractivity contribution in [3.63, 3.8) is 0 Å². The fourth-order valence-electron chi connectivity index (χ4n) is 3.45. The Morgan fingerprint density at radius 3 is 2.53 bits per heavy atom. The third-order valence-electron chi connectivity index (χ3n) is 4.81. The lowest BCUT2D eigenvalue weighted by molar-refractivity contribution is 0.0939. The Balaban J connectivity index is 1.30. The smallest absolute Gasteiger partial charge is 0.337 e. The number of aromatic nitrogens is 1. The number of pyridine rings is 1. The minimum absolute atomic E-state index is 0.423. The van der Waals surface area contributed by atoms with Gasteiger partial charge in [-0.05, 0) is 42.5 Å². The average Bonchev–Trinajstić information content (AvgIpc) is 3.15. The van der Waals surface area contributed by atoms with Crippen LogP contribution in [0.5, 0.6) is 0 Å². The molecule has 0 saturated heterocycles. The Hall–Kier alpha value is -4.39. The number of rotatable bonds is 2. The number of benzene rings is 3. The molecule has 146 valence electrons. The highest BCUT2D eigenvalue weighted by Crippen LogP contribution is 2.30. The summed E-state index contributed by atoms with van der Waals surface area (Å²) in [4.78, 5) is 29.0. The largest absolute Gasteiger partial charge is 0.456 e. The molecule has 2 heterocycles. The molecule has 0 radical (unpaired) electrons. The molecule has 0 fully saturated rings. The summed E-state index contributed by atoms with van der Waals surface area (Å²) in [5, 5.41) is 5.29. The molecule has 2 aromatic heterocycles. The highest BCUT2D eigenvalue weighted by atomic mass is 16.3. The first kappa shape index (κ1) is 17.7. The van der Waals surface area contributed by atoms with E-state index in [0.717, 1.165) is 21.9 Å². The molecule has 7 heteroatoms. The molecule has 3 aromatic carbocycles. The number of nitrogens with one attached hydrogen (secondary N) is 3. The summed E-state index contributed by atoms with van der Waals surface area (Å²) in [6, 6.07) is 21.3. The Morgan fingerprint density at radius 2 is 1.60 bits per heavy atom. The van der Waals surface area contributed by atoms with Crippen molar-refractivity contribution in [1.82, 2.24) is 15.8 Å². The maximum Gasteiger partial charge on any atom is 0.337 e. The number of furan rings is 1. The maximum atomic E-state index is 12.5. The van der Waals surface area contributed by atoms with E-state index in [4.69, 9.17) is 4.42 Å². The van der Waals surface area contributed by atoms with Crippen LogP contribution in [0.2, 0.25) is 0 Å². The molecule has 3 amide bonds. The van der Waals surface area contributed by atoms with Crippen molar-refractivity contribution in [2.24, 2.45) is 0 Å². The van der Waals surface area contributed by atoms with Gasteiger partial charge in [-0.25, -0.2) is 10.2 Å². The molecule has 0 unspecified atom stereocenters.